The molecule has 0 aliphatic carbocycles. The lowest BCUT2D eigenvalue weighted by molar-refractivity contribution is -0.186. The highest BCUT2D eigenvalue weighted by molar-refractivity contribution is 7.99. The molecule has 0 bridgehead atoms. The summed E-state index contributed by atoms with van der Waals surface area (Å²) >= 11 is 1.32. The number of H-pyrrole nitrogens is 1. The van der Waals surface area contributed by atoms with Gasteiger partial charge < -0.3 is 23.9 Å². The molecule has 1 aliphatic rings. The van der Waals surface area contributed by atoms with E-state index in [0.717, 1.165) is 10.9 Å². The first-order valence-corrected chi connectivity index (χ1v) is 9.75. The van der Waals surface area contributed by atoms with E-state index in [9.17, 15) is 14.4 Å². The van der Waals surface area contributed by atoms with Gasteiger partial charge in [-0.2, -0.15) is 0 Å². The molecule has 9 heteroatoms. The van der Waals surface area contributed by atoms with Gasteiger partial charge in [0.1, 0.15) is 5.75 Å². The Morgan fingerprint density at radius 3 is 2.32 bits per heavy atom. The molecule has 0 amide bonds. The molecule has 0 unspecified atom stereocenters. The number of carbonyl (C=O) groups excluding carboxylic acids is 3. The Morgan fingerprint density at radius 2 is 1.64 bits per heavy atom. The summed E-state index contributed by atoms with van der Waals surface area (Å²) in [4.78, 5) is 37.8. The van der Waals surface area contributed by atoms with Gasteiger partial charge in [-0.1, -0.05) is 0 Å². The van der Waals surface area contributed by atoms with Gasteiger partial charge in [0.05, 0.1) is 0 Å². The molecule has 4 atom stereocenters. The standard InChI is InChI=1S/C19H21NO7S/c1-10(21)24-16-9-28-19(18(26-12(3)23)17(16)25-11(2)22)27-14-4-5-15-13(8-14)6-7-20-15/h4-8,16-20H,9H2,1-3H3/t16-,17+,18-,19+/m1/s1. The number of aromatic amines is 1. The van der Waals surface area contributed by atoms with Crippen LogP contribution in [0.1, 0.15) is 20.8 Å². The maximum Gasteiger partial charge on any atom is 0.303 e. The quantitative estimate of drug-likeness (QED) is 0.595. The van der Waals surface area contributed by atoms with Crippen molar-refractivity contribution in [2.24, 2.45) is 0 Å². The van der Waals surface area contributed by atoms with Crippen LogP contribution in [0.4, 0.5) is 0 Å². The van der Waals surface area contributed by atoms with Crippen LogP contribution < -0.4 is 4.74 Å². The molecule has 1 aliphatic heterocycles. The van der Waals surface area contributed by atoms with Gasteiger partial charge in [-0.05, 0) is 24.3 Å². The average Bonchev–Trinajstić information content (AvgIpc) is 3.06. The van der Waals surface area contributed by atoms with Crippen LogP contribution in [0.15, 0.2) is 30.5 Å². The minimum atomic E-state index is -0.965. The number of carbonyl (C=O) groups is 3. The highest BCUT2D eigenvalue weighted by Gasteiger charge is 2.47. The van der Waals surface area contributed by atoms with Gasteiger partial charge in [0.2, 0.25) is 0 Å². The van der Waals surface area contributed by atoms with Crippen molar-refractivity contribution in [1.29, 1.82) is 0 Å². The van der Waals surface area contributed by atoms with Crippen molar-refractivity contribution in [2.45, 2.75) is 44.5 Å². The number of fused-ring (bicyclic) bond motifs is 1. The molecule has 0 radical (unpaired) electrons. The SMILES string of the molecule is CC(=O)O[C@@H]1[C@@H](OC(C)=O)[C@@H](Oc2ccc3[nH]ccc3c2)SC[C@H]1OC(C)=O. The Kier molecular flexibility index (Phi) is 6.13. The number of esters is 3. The van der Waals surface area contributed by atoms with Crippen LogP contribution in [-0.2, 0) is 28.6 Å². The number of aromatic nitrogens is 1. The van der Waals surface area contributed by atoms with E-state index in [1.165, 1.54) is 32.5 Å². The Balaban J connectivity index is 1.86. The van der Waals surface area contributed by atoms with Crippen molar-refractivity contribution in [3.8, 4) is 5.75 Å². The number of thioether (sulfide) groups is 1. The van der Waals surface area contributed by atoms with E-state index in [-0.39, 0.29) is 0 Å². The molecule has 1 aromatic heterocycles. The van der Waals surface area contributed by atoms with Gasteiger partial charge in [-0.15, -0.1) is 11.8 Å². The lowest BCUT2D eigenvalue weighted by Crippen LogP contribution is -2.55. The fraction of sp³-hybridized carbons (Fsp3) is 0.421. The Bertz CT molecular complexity index is 880. The van der Waals surface area contributed by atoms with E-state index in [1.807, 2.05) is 24.4 Å². The zero-order valence-corrected chi connectivity index (χ0v) is 16.5. The summed E-state index contributed by atoms with van der Waals surface area (Å²) in [5, 5.41) is 0.969. The van der Waals surface area contributed by atoms with Crippen LogP contribution in [0.2, 0.25) is 0 Å². The largest absolute Gasteiger partial charge is 0.476 e. The number of ether oxygens (including phenoxy) is 4. The molecule has 1 fully saturated rings. The summed E-state index contributed by atoms with van der Waals surface area (Å²) in [6.45, 7) is 3.77. The summed E-state index contributed by atoms with van der Waals surface area (Å²) in [5.74, 6) is -0.734. The monoisotopic (exact) mass is 407 g/mol. The number of benzene rings is 1. The molecule has 1 saturated heterocycles. The predicted molar refractivity (Wildman–Crippen MR) is 102 cm³/mol. The van der Waals surface area contributed by atoms with Crippen LogP contribution in [0, 0.1) is 0 Å². The second-order valence-corrected chi connectivity index (χ2v) is 7.47. The fourth-order valence-electron chi connectivity index (χ4n) is 3.05. The Hall–Kier alpha value is -2.68. The molecule has 3 rings (SSSR count). The summed E-state index contributed by atoms with van der Waals surface area (Å²) in [7, 11) is 0. The summed E-state index contributed by atoms with van der Waals surface area (Å²) in [6.07, 6.45) is -0.826. The van der Waals surface area contributed by atoms with Crippen molar-refractivity contribution in [2.75, 3.05) is 5.75 Å². The third-order valence-electron chi connectivity index (χ3n) is 4.08. The Labute approximate surface area is 165 Å². The summed E-state index contributed by atoms with van der Waals surface area (Å²) in [5.41, 5.74) is 0.323. The third kappa shape index (κ3) is 4.78. The first-order valence-electron chi connectivity index (χ1n) is 8.70. The van der Waals surface area contributed by atoms with Crippen LogP contribution in [0.5, 0.6) is 5.75 Å². The van der Waals surface area contributed by atoms with Crippen LogP contribution in [0.25, 0.3) is 10.9 Å². The molecule has 0 spiro atoms. The van der Waals surface area contributed by atoms with Crippen molar-refractivity contribution in [3.63, 3.8) is 0 Å². The summed E-state index contributed by atoms with van der Waals surface area (Å²) in [6, 6.07) is 7.45. The topological polar surface area (TPSA) is 104 Å². The minimum absolute atomic E-state index is 0.326. The highest BCUT2D eigenvalue weighted by Crippen LogP contribution is 2.34. The molecule has 1 aromatic carbocycles. The van der Waals surface area contributed by atoms with E-state index >= 15 is 0 Å². The normalized spacial score (nSPS) is 24.4. The molecular weight excluding hydrogens is 386 g/mol. The van der Waals surface area contributed by atoms with E-state index in [1.54, 1.807) is 6.07 Å². The number of rotatable bonds is 5. The molecule has 150 valence electrons. The van der Waals surface area contributed by atoms with Crippen LogP contribution in [-0.4, -0.2) is 52.4 Å². The maximum absolute atomic E-state index is 11.7. The van der Waals surface area contributed by atoms with Crippen LogP contribution >= 0.6 is 11.8 Å². The lowest BCUT2D eigenvalue weighted by atomic mass is 10.1. The number of hydrogen-bond donors (Lipinski definition) is 1. The third-order valence-corrected chi connectivity index (χ3v) is 5.30. The van der Waals surface area contributed by atoms with Crippen molar-refractivity contribution in [1.82, 2.24) is 4.98 Å². The van der Waals surface area contributed by atoms with Crippen molar-refractivity contribution < 1.29 is 33.3 Å². The lowest BCUT2D eigenvalue weighted by Gasteiger charge is -2.39. The van der Waals surface area contributed by atoms with Crippen LogP contribution in [0.3, 0.4) is 0 Å². The van der Waals surface area contributed by atoms with Gasteiger partial charge in [0, 0.05) is 43.6 Å². The van der Waals surface area contributed by atoms with E-state index < -0.39 is 41.7 Å². The van der Waals surface area contributed by atoms with Gasteiger partial charge in [0.15, 0.2) is 23.7 Å². The summed E-state index contributed by atoms with van der Waals surface area (Å²) < 4.78 is 22.1. The first kappa shape index (κ1) is 20.1. The zero-order chi connectivity index (χ0) is 20.3. The second kappa shape index (κ2) is 8.55. The van der Waals surface area contributed by atoms with Crippen molar-refractivity contribution >= 4 is 40.6 Å². The smallest absolute Gasteiger partial charge is 0.303 e. The average molecular weight is 407 g/mol. The van der Waals surface area contributed by atoms with E-state index in [0.29, 0.717) is 11.5 Å². The van der Waals surface area contributed by atoms with Gasteiger partial charge in [0.25, 0.3) is 0 Å². The second-order valence-electron chi connectivity index (χ2n) is 6.34. The van der Waals surface area contributed by atoms with E-state index in [2.05, 4.69) is 4.98 Å². The molecule has 0 saturated carbocycles. The van der Waals surface area contributed by atoms with Gasteiger partial charge >= 0.3 is 17.9 Å². The minimum Gasteiger partial charge on any atom is -0.476 e. The molecule has 28 heavy (non-hydrogen) atoms. The maximum atomic E-state index is 11.7. The molecular formula is C19H21NO7S. The molecule has 2 aromatic rings. The van der Waals surface area contributed by atoms with E-state index in [4.69, 9.17) is 18.9 Å². The predicted octanol–water partition coefficient (Wildman–Crippen LogP) is 2.41. The highest BCUT2D eigenvalue weighted by atomic mass is 32.2. The number of nitrogens with one attached hydrogen (secondary N) is 1. The molecule has 1 N–H and O–H groups in total. The van der Waals surface area contributed by atoms with Crippen molar-refractivity contribution in [3.05, 3.63) is 30.5 Å². The van der Waals surface area contributed by atoms with Gasteiger partial charge in [-0.25, -0.2) is 0 Å². The number of hydrogen-bond acceptors (Lipinski definition) is 8. The van der Waals surface area contributed by atoms with Gasteiger partial charge in [-0.3, -0.25) is 14.4 Å². The molecule has 2 heterocycles. The molecule has 8 nitrogen and oxygen atoms in total. The first-order chi connectivity index (χ1) is 13.3. The zero-order valence-electron chi connectivity index (χ0n) is 15.7. The Morgan fingerprint density at radius 1 is 0.964 bits per heavy atom. The fourth-order valence-corrected chi connectivity index (χ4v) is 4.27.